The summed E-state index contributed by atoms with van der Waals surface area (Å²) in [6, 6.07) is 8.33. The van der Waals surface area contributed by atoms with Crippen molar-refractivity contribution in [1.29, 1.82) is 0 Å². The smallest absolute Gasteiger partial charge is 0.0376 e. The largest absolute Gasteiger partial charge is 0.384 e. The molecule has 10 heavy (non-hydrogen) atoms. The van der Waals surface area contributed by atoms with Gasteiger partial charge in [0.05, 0.1) is 0 Å². The number of rotatable bonds is 0. The summed E-state index contributed by atoms with van der Waals surface area (Å²) in [4.78, 5) is 0. The van der Waals surface area contributed by atoms with Crippen LogP contribution in [0.3, 0.4) is 0 Å². The van der Waals surface area contributed by atoms with E-state index in [1.165, 1.54) is 11.3 Å². The molecule has 0 aromatic heterocycles. The van der Waals surface area contributed by atoms with Gasteiger partial charge in [0.1, 0.15) is 0 Å². The van der Waals surface area contributed by atoms with E-state index in [4.69, 9.17) is 0 Å². The van der Waals surface area contributed by atoms with Crippen LogP contribution < -0.4 is 5.32 Å². The maximum atomic E-state index is 4.02. The molecule has 0 saturated carbocycles. The molecule has 0 fully saturated rings. The average molecular weight is 132 g/mol. The van der Waals surface area contributed by atoms with E-state index in [2.05, 4.69) is 30.4 Å². The van der Waals surface area contributed by atoms with Crippen LogP contribution in [0.15, 0.2) is 24.3 Å². The Bertz CT molecular complexity index is 242. The molecule has 1 aliphatic rings. The minimum absolute atomic E-state index is 0.441. The number of nitrogens with one attached hydrogen (secondary N) is 1. The third-order valence-electron chi connectivity index (χ3n) is 1.94. The van der Waals surface area contributed by atoms with Crippen LogP contribution in [0.4, 0.5) is 5.69 Å². The van der Waals surface area contributed by atoms with E-state index >= 15 is 0 Å². The van der Waals surface area contributed by atoms with E-state index in [9.17, 15) is 0 Å². The minimum Gasteiger partial charge on any atom is -0.384 e. The first-order valence-corrected chi connectivity index (χ1v) is 3.54. The lowest BCUT2D eigenvalue weighted by molar-refractivity contribution is 0.946. The van der Waals surface area contributed by atoms with Crippen LogP contribution in [0.5, 0.6) is 0 Å². The van der Waals surface area contributed by atoms with Crippen molar-refractivity contribution in [2.75, 3.05) is 11.9 Å². The highest BCUT2D eigenvalue weighted by atomic mass is 14.9. The summed E-state index contributed by atoms with van der Waals surface area (Å²) in [7, 11) is 0. The summed E-state index contributed by atoms with van der Waals surface area (Å²) < 4.78 is 0. The predicted octanol–water partition coefficient (Wildman–Crippen LogP) is 2.03. The van der Waals surface area contributed by atoms with Crippen LogP contribution >= 0.6 is 0 Å². The first-order chi connectivity index (χ1) is 4.88. The molecule has 1 radical (unpaired) electrons. The SMILES string of the molecule is [CH2]C1CNc2ccccc21. The van der Waals surface area contributed by atoms with Crippen LogP contribution in [-0.2, 0) is 0 Å². The van der Waals surface area contributed by atoms with E-state index in [-0.39, 0.29) is 0 Å². The number of para-hydroxylation sites is 1. The van der Waals surface area contributed by atoms with Crippen LogP contribution in [0.1, 0.15) is 11.5 Å². The number of fused-ring (bicyclic) bond motifs is 1. The molecule has 0 aliphatic carbocycles. The fraction of sp³-hybridized carbons (Fsp3) is 0.222. The van der Waals surface area contributed by atoms with Gasteiger partial charge in [-0.15, -0.1) is 0 Å². The molecule has 1 aromatic carbocycles. The van der Waals surface area contributed by atoms with Gasteiger partial charge in [-0.2, -0.15) is 0 Å². The van der Waals surface area contributed by atoms with E-state index < -0.39 is 0 Å². The molecule has 1 heteroatoms. The molecule has 0 amide bonds. The van der Waals surface area contributed by atoms with Crippen molar-refractivity contribution in [2.45, 2.75) is 5.92 Å². The standard InChI is InChI=1S/C9H10N/c1-7-6-10-9-5-3-2-4-8(7)9/h2-5,7,10H,1,6H2. The van der Waals surface area contributed by atoms with Crippen molar-refractivity contribution in [3.8, 4) is 0 Å². The van der Waals surface area contributed by atoms with E-state index in [0.29, 0.717) is 5.92 Å². The number of hydrogen-bond acceptors (Lipinski definition) is 1. The maximum Gasteiger partial charge on any atom is 0.0376 e. The van der Waals surface area contributed by atoms with Gasteiger partial charge in [0.25, 0.3) is 0 Å². The predicted molar refractivity (Wildman–Crippen MR) is 43.0 cm³/mol. The second kappa shape index (κ2) is 2.01. The lowest BCUT2D eigenvalue weighted by atomic mass is 10.0. The molecule has 2 rings (SSSR count). The molecule has 1 atom stereocenters. The Hall–Kier alpha value is -0.980. The van der Waals surface area contributed by atoms with Crippen LogP contribution in [0, 0.1) is 6.92 Å². The Morgan fingerprint density at radius 3 is 3.00 bits per heavy atom. The van der Waals surface area contributed by atoms with Gasteiger partial charge >= 0.3 is 0 Å². The summed E-state index contributed by atoms with van der Waals surface area (Å²) >= 11 is 0. The minimum atomic E-state index is 0.441. The highest BCUT2D eigenvalue weighted by Crippen LogP contribution is 2.29. The summed E-state index contributed by atoms with van der Waals surface area (Å²) in [6.07, 6.45) is 0. The third kappa shape index (κ3) is 0.703. The van der Waals surface area contributed by atoms with Crippen molar-refractivity contribution < 1.29 is 0 Å². The summed E-state index contributed by atoms with van der Waals surface area (Å²) in [5.41, 5.74) is 2.60. The van der Waals surface area contributed by atoms with Gasteiger partial charge in [0.15, 0.2) is 0 Å². The van der Waals surface area contributed by atoms with Gasteiger partial charge in [-0.3, -0.25) is 0 Å². The molecule has 51 valence electrons. The highest BCUT2D eigenvalue weighted by Gasteiger charge is 2.15. The highest BCUT2D eigenvalue weighted by molar-refractivity contribution is 5.57. The quantitative estimate of drug-likeness (QED) is 0.569. The Morgan fingerprint density at radius 1 is 1.40 bits per heavy atom. The lowest BCUT2D eigenvalue weighted by Gasteiger charge is -1.98. The zero-order chi connectivity index (χ0) is 6.97. The summed E-state index contributed by atoms with van der Waals surface area (Å²) in [6.45, 7) is 5.00. The van der Waals surface area contributed by atoms with Gasteiger partial charge in [-0.05, 0) is 18.6 Å². The normalized spacial score (nSPS) is 21.9. The number of anilines is 1. The fourth-order valence-corrected chi connectivity index (χ4v) is 1.36. The van der Waals surface area contributed by atoms with Crippen LogP contribution in [0.25, 0.3) is 0 Å². The molecule has 0 bridgehead atoms. The molecule has 0 spiro atoms. The van der Waals surface area contributed by atoms with Gasteiger partial charge in [-0.25, -0.2) is 0 Å². The van der Waals surface area contributed by atoms with Gasteiger partial charge in [0, 0.05) is 18.2 Å². The van der Waals surface area contributed by atoms with Gasteiger partial charge in [-0.1, -0.05) is 18.2 Å². The van der Waals surface area contributed by atoms with Crippen molar-refractivity contribution in [2.24, 2.45) is 0 Å². The van der Waals surface area contributed by atoms with E-state index in [1.54, 1.807) is 0 Å². The first kappa shape index (κ1) is 5.78. The van der Waals surface area contributed by atoms with Gasteiger partial charge in [0.2, 0.25) is 0 Å². The molecule has 0 saturated heterocycles. The Morgan fingerprint density at radius 2 is 2.20 bits per heavy atom. The van der Waals surface area contributed by atoms with Crippen LogP contribution in [0.2, 0.25) is 0 Å². The number of hydrogen-bond donors (Lipinski definition) is 1. The van der Waals surface area contributed by atoms with Gasteiger partial charge < -0.3 is 5.32 Å². The topological polar surface area (TPSA) is 12.0 Å². The number of benzene rings is 1. The second-order valence-electron chi connectivity index (χ2n) is 2.67. The monoisotopic (exact) mass is 132 g/mol. The fourth-order valence-electron chi connectivity index (χ4n) is 1.36. The molecule has 1 heterocycles. The molecule has 1 aromatic rings. The molecular weight excluding hydrogens is 122 g/mol. The Labute approximate surface area is 61.1 Å². The van der Waals surface area contributed by atoms with E-state index in [1.807, 2.05) is 6.07 Å². The zero-order valence-corrected chi connectivity index (χ0v) is 5.80. The molecule has 1 nitrogen and oxygen atoms in total. The Balaban J connectivity index is 2.51. The average Bonchev–Trinajstić information content (AvgIpc) is 2.34. The van der Waals surface area contributed by atoms with Crippen LogP contribution in [-0.4, -0.2) is 6.54 Å². The molecule has 1 aliphatic heterocycles. The summed E-state index contributed by atoms with van der Waals surface area (Å²) in [5, 5.41) is 3.29. The maximum absolute atomic E-state index is 4.02. The van der Waals surface area contributed by atoms with Crippen molar-refractivity contribution in [1.82, 2.24) is 0 Å². The Kier molecular flexibility index (Phi) is 1.16. The molecular formula is C9H10N. The van der Waals surface area contributed by atoms with Crippen molar-refractivity contribution in [3.05, 3.63) is 36.8 Å². The molecule has 1 unspecified atom stereocenters. The first-order valence-electron chi connectivity index (χ1n) is 3.54. The second-order valence-corrected chi connectivity index (χ2v) is 2.67. The summed E-state index contributed by atoms with van der Waals surface area (Å²) in [5.74, 6) is 0.441. The van der Waals surface area contributed by atoms with E-state index in [0.717, 1.165) is 6.54 Å². The zero-order valence-electron chi connectivity index (χ0n) is 5.80. The lowest BCUT2D eigenvalue weighted by Crippen LogP contribution is -1.96. The molecule has 1 N–H and O–H groups in total. The van der Waals surface area contributed by atoms with Crippen molar-refractivity contribution >= 4 is 5.69 Å². The van der Waals surface area contributed by atoms with Crippen molar-refractivity contribution in [3.63, 3.8) is 0 Å². The third-order valence-corrected chi connectivity index (χ3v) is 1.94.